The molecule has 56 valence electrons. The molecule has 3 heteroatoms. The van der Waals surface area contributed by atoms with Crippen molar-refractivity contribution in [2.75, 3.05) is 0 Å². The van der Waals surface area contributed by atoms with Gasteiger partial charge in [-0.3, -0.25) is 5.10 Å². The minimum absolute atomic E-state index is 0.689. The third kappa shape index (κ3) is 1.41. The molecule has 1 aliphatic carbocycles. The monoisotopic (exact) mass is 148 g/mol. The molecule has 1 heterocycles. The lowest BCUT2D eigenvalue weighted by molar-refractivity contribution is 0.212. The van der Waals surface area contributed by atoms with Crippen LogP contribution < -0.4 is 0 Å². The number of aromatic amines is 1. The van der Waals surface area contributed by atoms with Crippen LogP contribution in [0.15, 0.2) is 12.3 Å². The molecule has 1 aromatic heterocycles. The van der Waals surface area contributed by atoms with Crippen molar-refractivity contribution in [2.24, 2.45) is 0 Å². The number of rotatable bonds is 0. The van der Waals surface area contributed by atoms with E-state index >= 15 is 0 Å². The number of hydrogen-bond acceptors (Lipinski definition) is 2. The maximum Gasteiger partial charge on any atom is 0.126 e. The van der Waals surface area contributed by atoms with Crippen LogP contribution in [0.5, 0.6) is 0 Å². The van der Waals surface area contributed by atoms with E-state index in [9.17, 15) is 5.11 Å². The maximum atomic E-state index is 9.32. The van der Waals surface area contributed by atoms with Gasteiger partial charge < -0.3 is 5.11 Å². The Hall–Kier alpha value is -1.27. The third-order valence-electron chi connectivity index (χ3n) is 1.65. The number of hydrogen-bond donors (Lipinski definition) is 2. The molecule has 1 saturated carbocycles. The summed E-state index contributed by atoms with van der Waals surface area (Å²) >= 11 is 0. The molecule has 1 aromatic rings. The van der Waals surface area contributed by atoms with Crippen molar-refractivity contribution in [3.05, 3.63) is 18.0 Å². The van der Waals surface area contributed by atoms with E-state index in [4.69, 9.17) is 0 Å². The number of aromatic nitrogens is 2. The van der Waals surface area contributed by atoms with Gasteiger partial charge in [0.1, 0.15) is 11.3 Å². The molecule has 0 bridgehead atoms. The smallest absolute Gasteiger partial charge is 0.126 e. The fourth-order valence-corrected chi connectivity index (χ4v) is 0.753. The highest BCUT2D eigenvalue weighted by Crippen LogP contribution is 2.33. The van der Waals surface area contributed by atoms with Crippen molar-refractivity contribution in [1.29, 1.82) is 0 Å². The lowest BCUT2D eigenvalue weighted by Crippen LogP contribution is -2.00. The van der Waals surface area contributed by atoms with E-state index in [0.29, 0.717) is 0 Å². The first-order chi connectivity index (χ1) is 5.29. The van der Waals surface area contributed by atoms with Gasteiger partial charge in [-0.05, 0) is 24.8 Å². The molecule has 0 atom stereocenters. The molecule has 2 rings (SSSR count). The second kappa shape index (κ2) is 2.11. The van der Waals surface area contributed by atoms with Gasteiger partial charge in [-0.25, -0.2) is 0 Å². The van der Waals surface area contributed by atoms with Crippen LogP contribution in [0, 0.1) is 11.8 Å². The zero-order valence-electron chi connectivity index (χ0n) is 5.96. The molecule has 1 aliphatic rings. The zero-order valence-corrected chi connectivity index (χ0v) is 5.96. The van der Waals surface area contributed by atoms with E-state index in [1.807, 2.05) is 0 Å². The van der Waals surface area contributed by atoms with Crippen molar-refractivity contribution in [3.8, 4) is 11.8 Å². The Morgan fingerprint density at radius 2 is 2.45 bits per heavy atom. The molecule has 2 N–H and O–H groups in total. The standard InChI is InChI=1S/C8H8N2O/c11-8(4-5-8)3-1-7-2-6-9-10-7/h2,6,11H,4-5H2,(H,9,10). The quantitative estimate of drug-likeness (QED) is 0.519. The topological polar surface area (TPSA) is 48.9 Å². The van der Waals surface area contributed by atoms with Crippen LogP contribution in [-0.4, -0.2) is 20.9 Å². The SMILES string of the molecule is OC1(C#Cc2ccn[nH]2)CC1. The normalized spacial score (nSPS) is 18.6. The highest BCUT2D eigenvalue weighted by molar-refractivity contribution is 5.32. The Labute approximate surface area is 64.4 Å². The average molecular weight is 148 g/mol. The van der Waals surface area contributed by atoms with Gasteiger partial charge in [0, 0.05) is 6.20 Å². The predicted octanol–water partition coefficient (Wildman–Crippen LogP) is 0.286. The third-order valence-corrected chi connectivity index (χ3v) is 1.65. The predicted molar refractivity (Wildman–Crippen MR) is 39.6 cm³/mol. The van der Waals surface area contributed by atoms with Crippen LogP contribution in [0.2, 0.25) is 0 Å². The van der Waals surface area contributed by atoms with Gasteiger partial charge >= 0.3 is 0 Å². The highest BCUT2D eigenvalue weighted by atomic mass is 16.3. The van der Waals surface area contributed by atoms with Crippen LogP contribution in [-0.2, 0) is 0 Å². The van der Waals surface area contributed by atoms with Crippen LogP contribution in [0.3, 0.4) is 0 Å². The summed E-state index contributed by atoms with van der Waals surface area (Å²) in [6.45, 7) is 0. The highest BCUT2D eigenvalue weighted by Gasteiger charge is 2.38. The Morgan fingerprint density at radius 1 is 1.64 bits per heavy atom. The molecule has 0 spiro atoms. The summed E-state index contributed by atoms with van der Waals surface area (Å²) < 4.78 is 0. The Morgan fingerprint density at radius 3 is 3.00 bits per heavy atom. The summed E-state index contributed by atoms with van der Waals surface area (Å²) in [6.07, 6.45) is 3.24. The fraction of sp³-hybridized carbons (Fsp3) is 0.375. The Kier molecular flexibility index (Phi) is 1.23. The first-order valence-electron chi connectivity index (χ1n) is 3.53. The molecule has 11 heavy (non-hydrogen) atoms. The van der Waals surface area contributed by atoms with Crippen molar-refractivity contribution in [1.82, 2.24) is 10.2 Å². The van der Waals surface area contributed by atoms with Gasteiger partial charge in [0.15, 0.2) is 0 Å². The van der Waals surface area contributed by atoms with Crippen molar-refractivity contribution < 1.29 is 5.11 Å². The second-order valence-electron chi connectivity index (χ2n) is 2.75. The first kappa shape index (κ1) is 6.44. The molecule has 1 fully saturated rings. The van der Waals surface area contributed by atoms with Crippen molar-refractivity contribution in [2.45, 2.75) is 18.4 Å². The van der Waals surface area contributed by atoms with E-state index in [1.165, 1.54) is 0 Å². The molecular formula is C8H8N2O. The molecule has 0 aromatic carbocycles. The number of aliphatic hydroxyl groups is 1. The number of nitrogens with one attached hydrogen (secondary N) is 1. The lowest BCUT2D eigenvalue weighted by atomic mass is 10.3. The summed E-state index contributed by atoms with van der Waals surface area (Å²) in [7, 11) is 0. The van der Waals surface area contributed by atoms with Crippen LogP contribution >= 0.6 is 0 Å². The van der Waals surface area contributed by atoms with Crippen molar-refractivity contribution in [3.63, 3.8) is 0 Å². The van der Waals surface area contributed by atoms with Gasteiger partial charge in [0.05, 0.1) is 0 Å². The Bertz CT molecular complexity index is 301. The Balaban J connectivity index is 2.14. The molecule has 0 saturated heterocycles. The van der Waals surface area contributed by atoms with Crippen LogP contribution in [0.4, 0.5) is 0 Å². The molecule has 3 nitrogen and oxygen atoms in total. The van der Waals surface area contributed by atoms with Crippen LogP contribution in [0.25, 0.3) is 0 Å². The zero-order chi connectivity index (χ0) is 7.73. The lowest BCUT2D eigenvalue weighted by Gasteiger charge is -1.90. The van der Waals surface area contributed by atoms with Gasteiger partial charge in [-0.15, -0.1) is 0 Å². The van der Waals surface area contributed by atoms with Gasteiger partial charge in [-0.2, -0.15) is 5.10 Å². The summed E-state index contributed by atoms with van der Waals surface area (Å²) in [4.78, 5) is 0. The second-order valence-corrected chi connectivity index (χ2v) is 2.75. The van der Waals surface area contributed by atoms with Gasteiger partial charge in [0.25, 0.3) is 0 Å². The average Bonchev–Trinajstić information content (AvgIpc) is 2.53. The van der Waals surface area contributed by atoms with Gasteiger partial charge in [-0.1, -0.05) is 5.92 Å². The summed E-state index contributed by atoms with van der Waals surface area (Å²) in [6, 6.07) is 1.78. The summed E-state index contributed by atoms with van der Waals surface area (Å²) in [5, 5.41) is 15.8. The van der Waals surface area contributed by atoms with E-state index in [0.717, 1.165) is 18.5 Å². The van der Waals surface area contributed by atoms with E-state index < -0.39 is 5.60 Å². The molecule has 0 aliphatic heterocycles. The first-order valence-corrected chi connectivity index (χ1v) is 3.53. The molecule has 0 amide bonds. The largest absolute Gasteiger partial charge is 0.378 e. The maximum absolute atomic E-state index is 9.32. The van der Waals surface area contributed by atoms with Gasteiger partial charge in [0.2, 0.25) is 0 Å². The van der Waals surface area contributed by atoms with Crippen LogP contribution in [0.1, 0.15) is 18.5 Å². The summed E-state index contributed by atoms with van der Waals surface area (Å²) in [5.41, 5.74) is 0.0656. The molecule has 0 unspecified atom stereocenters. The van der Waals surface area contributed by atoms with E-state index in [-0.39, 0.29) is 0 Å². The molecular weight excluding hydrogens is 140 g/mol. The van der Waals surface area contributed by atoms with E-state index in [1.54, 1.807) is 12.3 Å². The molecule has 0 radical (unpaired) electrons. The van der Waals surface area contributed by atoms with Crippen molar-refractivity contribution >= 4 is 0 Å². The fourth-order valence-electron chi connectivity index (χ4n) is 0.753. The van der Waals surface area contributed by atoms with E-state index in [2.05, 4.69) is 22.0 Å². The minimum Gasteiger partial charge on any atom is -0.378 e. The minimum atomic E-state index is -0.689. The number of H-pyrrole nitrogens is 1. The number of nitrogens with zero attached hydrogens (tertiary/aromatic N) is 1. The summed E-state index contributed by atoms with van der Waals surface area (Å²) in [5.74, 6) is 5.58.